The molecule has 0 amide bonds. The van der Waals surface area contributed by atoms with Crippen LogP contribution in [0.5, 0.6) is 5.75 Å². The van der Waals surface area contributed by atoms with Crippen molar-refractivity contribution in [1.29, 1.82) is 0 Å². The van der Waals surface area contributed by atoms with Gasteiger partial charge in [-0.15, -0.1) is 0 Å². The maximum absolute atomic E-state index is 12.4. The summed E-state index contributed by atoms with van der Waals surface area (Å²) in [5, 5.41) is 3.13. The molecule has 0 aliphatic heterocycles. The van der Waals surface area contributed by atoms with Gasteiger partial charge in [0, 0.05) is 6.07 Å². The van der Waals surface area contributed by atoms with Crippen LogP contribution in [0.1, 0.15) is 11.5 Å². The van der Waals surface area contributed by atoms with E-state index in [2.05, 4.69) is 9.68 Å². The summed E-state index contributed by atoms with van der Waals surface area (Å²) >= 11 is 0. The van der Waals surface area contributed by atoms with Crippen molar-refractivity contribution in [2.75, 3.05) is 7.11 Å². The quantitative estimate of drug-likeness (QED) is 0.866. The van der Waals surface area contributed by atoms with Gasteiger partial charge in [-0.1, -0.05) is 17.3 Å². The Morgan fingerprint density at radius 1 is 1.29 bits per heavy atom. The number of sulfone groups is 1. The van der Waals surface area contributed by atoms with E-state index in [1.807, 2.05) is 0 Å². The molecule has 2 rings (SSSR count). The van der Waals surface area contributed by atoms with E-state index in [-0.39, 0.29) is 16.3 Å². The van der Waals surface area contributed by atoms with Crippen LogP contribution in [-0.2, 0) is 21.8 Å². The van der Waals surface area contributed by atoms with Gasteiger partial charge in [-0.2, -0.15) is 13.2 Å². The van der Waals surface area contributed by atoms with Gasteiger partial charge < -0.3 is 9.26 Å². The van der Waals surface area contributed by atoms with Crippen LogP contribution in [-0.4, -0.2) is 20.7 Å². The molecule has 0 spiro atoms. The van der Waals surface area contributed by atoms with E-state index in [1.165, 1.54) is 25.3 Å². The molecule has 0 saturated carbocycles. The van der Waals surface area contributed by atoms with E-state index in [1.54, 1.807) is 6.07 Å². The van der Waals surface area contributed by atoms with E-state index in [9.17, 15) is 21.6 Å². The van der Waals surface area contributed by atoms with E-state index in [0.717, 1.165) is 0 Å². The highest BCUT2D eigenvalue weighted by Gasteiger charge is 2.36. The molecule has 0 fully saturated rings. The maximum atomic E-state index is 12.4. The van der Waals surface area contributed by atoms with Crippen molar-refractivity contribution >= 4 is 9.84 Å². The third-order valence-electron chi connectivity index (χ3n) is 2.58. The number of nitrogens with zero attached hydrogens (tertiary/aromatic N) is 1. The molecule has 5 nitrogen and oxygen atoms in total. The fourth-order valence-electron chi connectivity index (χ4n) is 1.66. The van der Waals surface area contributed by atoms with E-state index >= 15 is 0 Å². The number of ether oxygens (including phenoxy) is 1. The lowest BCUT2D eigenvalue weighted by Crippen LogP contribution is -2.07. The fourth-order valence-corrected chi connectivity index (χ4v) is 3.09. The van der Waals surface area contributed by atoms with Gasteiger partial charge in [-0.05, 0) is 12.1 Å². The highest BCUT2D eigenvalue weighted by atomic mass is 32.2. The summed E-state index contributed by atoms with van der Waals surface area (Å²) in [4.78, 5) is -0.121. The predicted molar refractivity (Wildman–Crippen MR) is 65.4 cm³/mol. The number of halogens is 3. The molecule has 1 aromatic heterocycles. The van der Waals surface area contributed by atoms with Gasteiger partial charge in [-0.3, -0.25) is 0 Å². The van der Waals surface area contributed by atoms with Crippen molar-refractivity contribution < 1.29 is 30.8 Å². The molecular formula is C12H10F3NO4S. The van der Waals surface area contributed by atoms with Gasteiger partial charge in [-0.25, -0.2) is 8.42 Å². The number of hydrogen-bond donors (Lipinski definition) is 0. The average Bonchev–Trinajstić information content (AvgIpc) is 2.86. The third-order valence-corrected chi connectivity index (χ3v) is 4.26. The zero-order valence-electron chi connectivity index (χ0n) is 10.7. The summed E-state index contributed by atoms with van der Waals surface area (Å²) in [7, 11) is -2.61. The highest BCUT2D eigenvalue weighted by Crippen LogP contribution is 2.31. The highest BCUT2D eigenvalue weighted by molar-refractivity contribution is 7.90. The Hall–Kier alpha value is -2.03. The second kappa shape index (κ2) is 5.40. The van der Waals surface area contributed by atoms with Crippen molar-refractivity contribution in [1.82, 2.24) is 5.16 Å². The van der Waals surface area contributed by atoms with Gasteiger partial charge in [0.2, 0.25) is 5.76 Å². The van der Waals surface area contributed by atoms with Crippen LogP contribution in [0.4, 0.5) is 13.2 Å². The summed E-state index contributed by atoms with van der Waals surface area (Å²) in [6.07, 6.45) is -4.71. The SMILES string of the molecule is COc1ccccc1S(=O)(=O)Cc1cc(C(F)(F)F)on1. The monoisotopic (exact) mass is 321 g/mol. The summed E-state index contributed by atoms with van der Waals surface area (Å²) in [5.74, 6) is -1.95. The van der Waals surface area contributed by atoms with Crippen molar-refractivity contribution in [2.24, 2.45) is 0 Å². The van der Waals surface area contributed by atoms with Gasteiger partial charge in [0.15, 0.2) is 9.84 Å². The zero-order valence-corrected chi connectivity index (χ0v) is 11.5. The van der Waals surface area contributed by atoms with Crippen molar-refractivity contribution in [3.63, 3.8) is 0 Å². The first-order valence-corrected chi connectivity index (χ1v) is 7.28. The molecule has 2 aromatic rings. The molecule has 0 radical (unpaired) electrons. The number of hydrogen-bond acceptors (Lipinski definition) is 5. The van der Waals surface area contributed by atoms with Crippen LogP contribution >= 0.6 is 0 Å². The van der Waals surface area contributed by atoms with Crippen LogP contribution < -0.4 is 4.74 Å². The Bertz CT molecular complexity index is 737. The van der Waals surface area contributed by atoms with Crippen LogP contribution in [0, 0.1) is 0 Å². The molecule has 0 bridgehead atoms. The molecule has 0 aliphatic rings. The van der Waals surface area contributed by atoms with Crippen LogP contribution in [0.3, 0.4) is 0 Å². The minimum atomic E-state index is -4.71. The average molecular weight is 321 g/mol. The Labute approximate surface area is 118 Å². The van der Waals surface area contributed by atoms with Gasteiger partial charge in [0.25, 0.3) is 0 Å². The first kappa shape index (κ1) is 15.4. The molecule has 21 heavy (non-hydrogen) atoms. The minimum Gasteiger partial charge on any atom is -0.495 e. The molecule has 0 atom stereocenters. The second-order valence-electron chi connectivity index (χ2n) is 4.09. The molecule has 0 aliphatic carbocycles. The Morgan fingerprint density at radius 3 is 2.52 bits per heavy atom. The third kappa shape index (κ3) is 3.35. The number of para-hydroxylation sites is 1. The first-order chi connectivity index (χ1) is 9.74. The standard InChI is InChI=1S/C12H10F3NO4S/c1-19-9-4-2-3-5-10(9)21(17,18)7-8-6-11(20-16-8)12(13,14)15/h2-6H,7H2,1H3. The predicted octanol–water partition coefficient (Wildman–Crippen LogP) is 2.68. The molecule has 114 valence electrons. The molecule has 0 N–H and O–H groups in total. The van der Waals surface area contributed by atoms with E-state index < -0.39 is 27.5 Å². The zero-order chi connectivity index (χ0) is 15.7. The lowest BCUT2D eigenvalue weighted by Gasteiger charge is -2.07. The molecule has 0 saturated heterocycles. The molecule has 9 heteroatoms. The molecule has 1 aromatic carbocycles. The fraction of sp³-hybridized carbons (Fsp3) is 0.250. The van der Waals surface area contributed by atoms with Crippen LogP contribution in [0.2, 0.25) is 0 Å². The lowest BCUT2D eigenvalue weighted by molar-refractivity contribution is -0.155. The number of methoxy groups -OCH3 is 1. The Balaban J connectivity index is 2.32. The van der Waals surface area contributed by atoms with Gasteiger partial charge in [0.05, 0.1) is 12.8 Å². The maximum Gasteiger partial charge on any atom is 0.452 e. The van der Waals surface area contributed by atoms with E-state index in [0.29, 0.717) is 6.07 Å². The van der Waals surface area contributed by atoms with E-state index in [4.69, 9.17) is 4.74 Å². The van der Waals surface area contributed by atoms with Crippen molar-refractivity contribution in [3.05, 3.63) is 41.8 Å². The Morgan fingerprint density at radius 2 is 1.95 bits per heavy atom. The normalized spacial score (nSPS) is 12.4. The summed E-state index contributed by atoms with van der Waals surface area (Å²) in [6, 6.07) is 6.37. The first-order valence-electron chi connectivity index (χ1n) is 5.62. The minimum absolute atomic E-state index is 0.108. The summed E-state index contributed by atoms with van der Waals surface area (Å²) in [5.41, 5.74) is -0.326. The second-order valence-corrected chi connectivity index (χ2v) is 6.05. The lowest BCUT2D eigenvalue weighted by atomic mass is 10.3. The smallest absolute Gasteiger partial charge is 0.452 e. The molecule has 1 heterocycles. The largest absolute Gasteiger partial charge is 0.495 e. The van der Waals surface area contributed by atoms with Gasteiger partial charge in [0.1, 0.15) is 16.4 Å². The number of rotatable bonds is 4. The van der Waals surface area contributed by atoms with Gasteiger partial charge >= 0.3 is 6.18 Å². The van der Waals surface area contributed by atoms with Crippen molar-refractivity contribution in [2.45, 2.75) is 16.8 Å². The van der Waals surface area contributed by atoms with Crippen LogP contribution in [0.15, 0.2) is 39.8 Å². The number of alkyl halides is 3. The summed E-state index contributed by atoms with van der Waals surface area (Å²) in [6.45, 7) is 0. The Kier molecular flexibility index (Phi) is 3.95. The summed E-state index contributed by atoms with van der Waals surface area (Å²) < 4.78 is 70.5. The van der Waals surface area contributed by atoms with Crippen LogP contribution in [0.25, 0.3) is 0 Å². The topological polar surface area (TPSA) is 69.4 Å². The number of benzene rings is 1. The van der Waals surface area contributed by atoms with Crippen molar-refractivity contribution in [3.8, 4) is 5.75 Å². The molecule has 0 unspecified atom stereocenters. The number of aromatic nitrogens is 1. The molecular weight excluding hydrogens is 311 g/mol.